The Morgan fingerprint density at radius 2 is 0.773 bits per heavy atom. The molecule has 0 saturated carbocycles. The average Bonchev–Trinajstić information content (AvgIpc) is 1.60. The summed E-state index contributed by atoms with van der Waals surface area (Å²) >= 11 is 32.1. The number of aromatic hydroxyl groups is 3. The van der Waals surface area contributed by atoms with Gasteiger partial charge in [-0.25, -0.2) is 33.6 Å². The van der Waals surface area contributed by atoms with Crippen LogP contribution >= 0.6 is 156 Å². The molecule has 3 heterocycles. The number of benzene rings is 9. The van der Waals surface area contributed by atoms with E-state index in [2.05, 4.69) is 194 Å². The Balaban J connectivity index is -0.00000151. The number of ether oxygens (including phenoxy) is 12. The van der Waals surface area contributed by atoms with Crippen LogP contribution in [0.4, 0.5) is 0 Å². The number of carbonyl (C=O) groups is 8. The molecule has 0 bridgehead atoms. The van der Waals surface area contributed by atoms with Crippen LogP contribution in [0.3, 0.4) is 0 Å². The standard InChI is InChI=1S/2C14H19BrO4.2C11H9BrO3.C10H9BrO2.2C9H9BrO3.C9H10O3.C7H8.C5H11BrO.CH2O3.Br2.2K.H/c1-5-18-10(3)8-19-13-6-9(2)11(7-12(13)15)14(16)17-4;1-5-18-9(2)8-19-12-7-6-11(14(16)17-4)10(3)13(12)15;1-6-7-3-4-15-10(7)9(12)5-8(6)11(13)14-2;1-6-8(11(13)14-2)5-7-3-4-15-10(7)9(6)12;1-6-8(5-12)4-7-2-3-13-10(7)9(6)11;1-5-3-8(11)7(10)4-6(5)9(12)13-2;1-5-6(9(12)13-2)3-4-7(11)8(5)10;1-6-5-7(10)3-4-8(6)9(11)12-2;1-7-5-3-2-4-6-7;1-3-7-5(2)4-6;2-1-4-3;1-2;;;/h6-7,10H,5,8H2,1-4H3;6-7,9H,5,8H2,1-4H3;2*3-5H,1-2H3;2-4,12H,5H2,1H3;2*3-4,11H,1-2H3;3-5,10H,1-2H3;2-6H,1H3;5H,3-4H2,1-2H3;1,3H;;;;/q;;;;;;;;;;;;2*+1;-1/p-1. The molecule has 0 saturated heterocycles. The van der Waals surface area contributed by atoms with Crippen LogP contribution in [0.5, 0.6) is 28.7 Å². The summed E-state index contributed by atoms with van der Waals surface area (Å²) in [6.45, 7) is 31.4. The number of hydrogen-bond donors (Lipinski definition) is 4. The monoisotopic (exact) mass is 2650 g/mol. The molecule has 0 aliphatic heterocycles. The van der Waals surface area contributed by atoms with E-state index in [1.807, 2.05) is 125 Å². The number of halogens is 10. The van der Waals surface area contributed by atoms with E-state index in [1.165, 1.54) is 97.8 Å². The van der Waals surface area contributed by atoms with E-state index in [9.17, 15) is 43.8 Å². The van der Waals surface area contributed by atoms with Crippen LogP contribution in [0.2, 0.25) is 0 Å². The number of esters is 7. The van der Waals surface area contributed by atoms with E-state index in [0.717, 1.165) is 101 Å². The number of hydrogen-bond acceptors (Lipinski definition) is 29. The maximum Gasteiger partial charge on any atom is 1.00 e. The quantitative estimate of drug-likeness (QED) is 0.00931. The van der Waals surface area contributed by atoms with Crippen LogP contribution in [-0.2, 0) is 63.7 Å². The van der Waals surface area contributed by atoms with Crippen molar-refractivity contribution >= 4 is 237 Å². The first kappa shape index (κ1) is 137. The summed E-state index contributed by atoms with van der Waals surface area (Å²) in [5.74, 6) is -0.805. The third-order valence-corrected chi connectivity index (χ3v) is 25.6. The summed E-state index contributed by atoms with van der Waals surface area (Å²) < 4.78 is 80.7. The molecular formula is C100H114Br10K2O29. The zero-order chi connectivity index (χ0) is 106. The number of phenolic OH excluding ortho intramolecular Hbond substituents is 3. The fourth-order valence-corrected chi connectivity index (χ4v) is 15.0. The third-order valence-electron chi connectivity index (χ3n) is 18.9. The molecule has 29 nitrogen and oxygen atoms in total. The minimum Gasteiger partial charge on any atom is -1.00 e. The summed E-state index contributed by atoms with van der Waals surface area (Å²) in [5.41, 5.74) is 14.6. The van der Waals surface area contributed by atoms with E-state index in [-0.39, 0.29) is 177 Å². The first-order valence-corrected chi connectivity index (χ1v) is 51.9. The van der Waals surface area contributed by atoms with Gasteiger partial charge >= 0.3 is 145 Å². The van der Waals surface area contributed by atoms with Crippen molar-refractivity contribution in [2.24, 2.45) is 0 Å². The number of fused-ring (bicyclic) bond motifs is 3. The fourth-order valence-electron chi connectivity index (χ4n) is 11.6. The van der Waals surface area contributed by atoms with Gasteiger partial charge in [0.15, 0.2) is 0 Å². The van der Waals surface area contributed by atoms with Crippen molar-refractivity contribution in [3.05, 3.63) is 278 Å². The number of aryl methyl sites for hydroxylation is 5. The zero-order valence-electron chi connectivity index (χ0n) is 83.5. The van der Waals surface area contributed by atoms with Crippen molar-refractivity contribution in [3.8, 4) is 28.7 Å². The van der Waals surface area contributed by atoms with Gasteiger partial charge in [0.2, 0.25) is 0 Å². The summed E-state index contributed by atoms with van der Waals surface area (Å²) in [7, 11) is 9.44. The van der Waals surface area contributed by atoms with Gasteiger partial charge in [-0.3, -0.25) is 4.79 Å². The number of carbonyl (C=O) groups excluding carboxylic acids is 8. The van der Waals surface area contributed by atoms with Gasteiger partial charge in [0.1, 0.15) is 58.7 Å². The van der Waals surface area contributed by atoms with Gasteiger partial charge in [-0.2, -0.15) is 0 Å². The Morgan fingerprint density at radius 1 is 0.397 bits per heavy atom. The van der Waals surface area contributed by atoms with Crippen LogP contribution in [0.25, 0.3) is 32.9 Å². The zero-order valence-corrected chi connectivity index (χ0v) is 105. The molecule has 3 atom stereocenters. The molecule has 9 aromatic carbocycles. The van der Waals surface area contributed by atoms with Crippen molar-refractivity contribution in [2.45, 2.75) is 129 Å². The van der Waals surface area contributed by atoms with Crippen molar-refractivity contribution in [1.29, 1.82) is 0 Å². The predicted molar refractivity (Wildman–Crippen MR) is 568 cm³/mol. The summed E-state index contributed by atoms with van der Waals surface area (Å²) in [5, 5.41) is 48.9. The maximum atomic E-state index is 11.5. The Kier molecular flexibility index (Phi) is 73.0. The Labute approximate surface area is 990 Å². The largest absolute Gasteiger partial charge is 1.00 e. The van der Waals surface area contributed by atoms with E-state index in [4.69, 9.17) is 76.1 Å². The molecule has 3 unspecified atom stereocenters. The first-order valence-electron chi connectivity index (χ1n) is 41.5. The predicted octanol–water partition coefficient (Wildman–Crippen LogP) is 20.3. The Hall–Kier alpha value is -5.77. The average molecular weight is 2660 g/mol. The molecule has 0 aliphatic rings. The normalized spacial score (nSPS) is 10.5. The number of aliphatic hydroxyl groups excluding tert-OH is 1. The number of aliphatic hydroxyl groups is 1. The van der Waals surface area contributed by atoms with Crippen molar-refractivity contribution in [2.75, 3.05) is 88.1 Å². The summed E-state index contributed by atoms with van der Waals surface area (Å²) in [6, 6.07) is 38.7. The molecule has 12 aromatic rings. The van der Waals surface area contributed by atoms with Crippen molar-refractivity contribution in [1.82, 2.24) is 0 Å². The minimum atomic E-state index is -0.404. The van der Waals surface area contributed by atoms with Crippen molar-refractivity contribution in [3.63, 3.8) is 0 Å². The van der Waals surface area contributed by atoms with E-state index in [1.54, 1.807) is 69.9 Å². The van der Waals surface area contributed by atoms with Gasteiger partial charge in [-0.05, 0) is 369 Å². The molecule has 760 valence electrons. The summed E-state index contributed by atoms with van der Waals surface area (Å²) in [6.07, 6.45) is 5.26. The molecule has 0 fully saturated rings. The van der Waals surface area contributed by atoms with Crippen LogP contribution in [0.15, 0.2) is 197 Å². The number of rotatable bonds is 22. The molecule has 0 aliphatic carbocycles. The van der Waals surface area contributed by atoms with Gasteiger partial charge < -0.3 is 102 Å². The number of alkyl halides is 1. The first-order chi connectivity index (χ1) is 65.9. The van der Waals surface area contributed by atoms with Gasteiger partial charge in [0, 0.05) is 69.6 Å². The molecule has 141 heavy (non-hydrogen) atoms. The van der Waals surface area contributed by atoms with Crippen LogP contribution in [0, 0.1) is 62.3 Å². The molecule has 0 spiro atoms. The molecule has 12 rings (SSSR count). The van der Waals surface area contributed by atoms with E-state index < -0.39 is 11.9 Å². The van der Waals surface area contributed by atoms with Gasteiger partial charge in [-0.1, -0.05) is 51.8 Å². The third kappa shape index (κ3) is 46.3. The van der Waals surface area contributed by atoms with Gasteiger partial charge in [0.25, 0.3) is 6.47 Å². The molecule has 41 heteroatoms. The van der Waals surface area contributed by atoms with Gasteiger partial charge in [0.05, 0.1) is 164 Å². The minimum absolute atomic E-state index is 0. The number of phenols is 3. The Bertz CT molecular complexity index is 5870. The van der Waals surface area contributed by atoms with Crippen molar-refractivity contribution < 1.29 is 243 Å². The van der Waals surface area contributed by atoms with E-state index in [0.29, 0.717) is 109 Å². The fraction of sp³-hybridized carbons (Fsp3) is 0.320. The number of furan rings is 3. The van der Waals surface area contributed by atoms with Crippen LogP contribution in [-0.4, -0.2) is 175 Å². The second-order valence-electron chi connectivity index (χ2n) is 28.6. The molecule has 0 amide bonds. The molecule has 0 radical (unpaired) electrons. The smallest absolute Gasteiger partial charge is 1.00 e. The second-order valence-corrected chi connectivity index (χ2v) is 34.9. The second kappa shape index (κ2) is 75.0. The molecular weight excluding hydrogens is 2540 g/mol. The molecule has 4 N–H and O–H groups in total. The topological polar surface area (TPSA) is 400 Å². The SMILES string of the molecule is BrBr.CCOC(C)CBr.CCOC(C)COc1cc(C)c(C(=O)OC)cc1Br.CCOC(C)COc1ccc(C(=O)OC)c(C)c1Br.COC(=O)c1cc(Br)c(O)cc1C.COC(=O)c1cc(Br)c2occc2c1C.COC(=O)c1cc2ccoc2c(Br)c1C.COC(=O)c1ccc(O)c(Br)c1C.COC(=O)c1ccc(O)cc1C.Cc1c(CO)cc2ccoc2c1Br.Cc1ccccc1.O=CO[O-].[H-].[K+].[K+]. The van der Waals surface area contributed by atoms with Crippen LogP contribution in [0.1, 0.15) is 171 Å². The van der Waals surface area contributed by atoms with E-state index >= 15 is 0 Å². The maximum absolute atomic E-state index is 11.5. The Morgan fingerprint density at radius 3 is 1.21 bits per heavy atom. The van der Waals surface area contributed by atoms with Gasteiger partial charge in [-0.15, -0.1) is 0 Å². The molecule has 3 aromatic heterocycles. The van der Waals surface area contributed by atoms with Crippen LogP contribution < -0.4 is 118 Å². The number of methoxy groups -OCH3 is 7. The summed E-state index contributed by atoms with van der Waals surface area (Å²) in [4.78, 5) is 90.7.